The second-order valence-electron chi connectivity index (χ2n) is 6.30. The van der Waals surface area contributed by atoms with Crippen LogP contribution in [-0.2, 0) is 6.54 Å². The molecule has 2 heterocycles. The molecule has 0 aliphatic carbocycles. The summed E-state index contributed by atoms with van der Waals surface area (Å²) in [7, 11) is 0. The number of halogens is 2. The lowest BCUT2D eigenvalue weighted by Gasteiger charge is -2.11. The number of benzene rings is 2. The summed E-state index contributed by atoms with van der Waals surface area (Å²) in [5.74, 6) is 0.461. The molecule has 0 saturated heterocycles. The Balaban J connectivity index is 1.67. The number of hydrogen-bond donors (Lipinski definition) is 2. The zero-order valence-corrected chi connectivity index (χ0v) is 17.1. The minimum atomic E-state index is -0.252. The molecule has 146 valence electrons. The summed E-state index contributed by atoms with van der Waals surface area (Å²) in [6.07, 6.45) is 5.19. The molecule has 2 aromatic heterocycles. The van der Waals surface area contributed by atoms with Gasteiger partial charge in [-0.25, -0.2) is 19.3 Å². The molecule has 2 aromatic carbocycles. The zero-order valence-electron chi connectivity index (χ0n) is 15.5. The van der Waals surface area contributed by atoms with Crippen LogP contribution in [0, 0.1) is 5.82 Å². The van der Waals surface area contributed by atoms with E-state index in [0.717, 1.165) is 33.3 Å². The third-order valence-corrected chi connectivity index (χ3v) is 5.12. The maximum absolute atomic E-state index is 13.1. The maximum Gasteiger partial charge on any atom is 0.152 e. The Morgan fingerprint density at radius 3 is 2.62 bits per heavy atom. The van der Waals surface area contributed by atoms with Gasteiger partial charge >= 0.3 is 0 Å². The summed E-state index contributed by atoms with van der Waals surface area (Å²) in [5, 5.41) is 4.63. The van der Waals surface area contributed by atoms with Crippen LogP contribution in [0.1, 0.15) is 5.56 Å². The van der Waals surface area contributed by atoms with Crippen LogP contribution in [0.2, 0.25) is 5.15 Å². The van der Waals surface area contributed by atoms with Crippen LogP contribution in [0.5, 0.6) is 0 Å². The van der Waals surface area contributed by atoms with E-state index >= 15 is 0 Å². The molecule has 0 atom stereocenters. The van der Waals surface area contributed by atoms with Crippen LogP contribution < -0.4 is 10.0 Å². The molecule has 0 spiro atoms. The molecule has 0 aliphatic heterocycles. The minimum absolute atomic E-state index is 0.252. The van der Waals surface area contributed by atoms with Gasteiger partial charge in [-0.1, -0.05) is 41.7 Å². The van der Waals surface area contributed by atoms with Gasteiger partial charge < -0.3 is 10.0 Å². The van der Waals surface area contributed by atoms with E-state index in [9.17, 15) is 4.39 Å². The molecular formula is C21H17ClFN5S. The molecule has 0 amide bonds. The fourth-order valence-corrected chi connectivity index (χ4v) is 3.53. The number of nitrogens with zero attached hydrogens (tertiary/aromatic N) is 3. The van der Waals surface area contributed by atoms with Crippen molar-refractivity contribution in [2.75, 3.05) is 16.3 Å². The van der Waals surface area contributed by atoms with Gasteiger partial charge in [0, 0.05) is 29.9 Å². The predicted octanol–water partition coefficient (Wildman–Crippen LogP) is 5.79. The number of aromatic nitrogens is 3. The fourth-order valence-electron chi connectivity index (χ4n) is 2.95. The summed E-state index contributed by atoms with van der Waals surface area (Å²) >= 11 is 7.61. The highest BCUT2D eigenvalue weighted by atomic mass is 35.5. The van der Waals surface area contributed by atoms with Crippen LogP contribution in [0.15, 0.2) is 61.1 Å². The molecule has 4 aromatic rings. The third-order valence-electron chi connectivity index (χ3n) is 4.39. The first-order valence-electron chi connectivity index (χ1n) is 8.82. The molecule has 0 saturated carbocycles. The van der Waals surface area contributed by atoms with Crippen molar-refractivity contribution in [3.05, 3.63) is 77.6 Å². The summed E-state index contributed by atoms with van der Waals surface area (Å²) in [6, 6.07) is 14.3. The standard InChI is InChI=1S/C21H17ClFN5S/c1-29-28-19-9-15(11-24-20(19)22)14-4-7-18-17(8-14)21(27-12-26-18)25-10-13-2-5-16(23)6-3-13/h2-9,11-12,28H,10H2,1H3,(H,25,26,27). The average Bonchev–Trinajstić information content (AvgIpc) is 2.75. The molecule has 8 heteroatoms. The van der Waals surface area contributed by atoms with Crippen molar-refractivity contribution in [2.45, 2.75) is 6.54 Å². The van der Waals surface area contributed by atoms with E-state index in [1.54, 1.807) is 18.3 Å². The lowest BCUT2D eigenvalue weighted by Crippen LogP contribution is -2.02. The van der Waals surface area contributed by atoms with E-state index in [1.807, 2.05) is 30.5 Å². The van der Waals surface area contributed by atoms with Crippen LogP contribution in [0.4, 0.5) is 15.9 Å². The lowest BCUT2D eigenvalue weighted by atomic mass is 10.0. The van der Waals surface area contributed by atoms with E-state index in [4.69, 9.17) is 11.6 Å². The highest BCUT2D eigenvalue weighted by molar-refractivity contribution is 7.99. The molecule has 0 bridgehead atoms. The molecule has 5 nitrogen and oxygen atoms in total. The Morgan fingerprint density at radius 1 is 1.00 bits per heavy atom. The highest BCUT2D eigenvalue weighted by Crippen LogP contribution is 2.31. The quantitative estimate of drug-likeness (QED) is 0.301. The van der Waals surface area contributed by atoms with Gasteiger partial charge in [0.15, 0.2) is 5.15 Å². The fraction of sp³-hybridized carbons (Fsp3) is 0.0952. The molecule has 29 heavy (non-hydrogen) atoms. The van der Waals surface area contributed by atoms with Gasteiger partial charge in [-0.05, 0) is 41.5 Å². The highest BCUT2D eigenvalue weighted by Gasteiger charge is 2.09. The molecule has 2 N–H and O–H groups in total. The first-order chi connectivity index (χ1) is 14.1. The first kappa shape index (κ1) is 19.4. The van der Waals surface area contributed by atoms with Crippen molar-refractivity contribution in [2.24, 2.45) is 0 Å². The van der Waals surface area contributed by atoms with Gasteiger partial charge in [0.25, 0.3) is 0 Å². The Labute approximate surface area is 176 Å². The van der Waals surface area contributed by atoms with E-state index in [2.05, 4.69) is 25.0 Å². The normalized spacial score (nSPS) is 10.9. The molecule has 0 unspecified atom stereocenters. The number of nitrogens with one attached hydrogen (secondary N) is 2. The van der Waals surface area contributed by atoms with Crippen molar-refractivity contribution in [1.29, 1.82) is 0 Å². The summed E-state index contributed by atoms with van der Waals surface area (Å²) in [6.45, 7) is 0.529. The Kier molecular flexibility index (Phi) is 5.78. The summed E-state index contributed by atoms with van der Waals surface area (Å²) in [5.41, 5.74) is 4.46. The van der Waals surface area contributed by atoms with Gasteiger partial charge in [-0.15, -0.1) is 0 Å². The third kappa shape index (κ3) is 4.41. The summed E-state index contributed by atoms with van der Waals surface area (Å²) < 4.78 is 16.2. The number of pyridine rings is 1. The number of rotatable bonds is 6. The number of fused-ring (bicyclic) bond motifs is 1. The molecule has 0 fully saturated rings. The van der Waals surface area contributed by atoms with Gasteiger partial charge in [0.1, 0.15) is 18.0 Å². The van der Waals surface area contributed by atoms with Crippen molar-refractivity contribution >= 4 is 46.0 Å². The van der Waals surface area contributed by atoms with Gasteiger partial charge in [0.05, 0.1) is 11.2 Å². The summed E-state index contributed by atoms with van der Waals surface area (Å²) in [4.78, 5) is 13.0. The molecule has 0 radical (unpaired) electrons. The first-order valence-corrected chi connectivity index (χ1v) is 10.4. The van der Waals surface area contributed by atoms with E-state index in [0.29, 0.717) is 17.5 Å². The Hall–Kier alpha value is -2.90. The minimum Gasteiger partial charge on any atom is -0.365 e. The van der Waals surface area contributed by atoms with Crippen molar-refractivity contribution in [1.82, 2.24) is 15.0 Å². The average molecular weight is 426 g/mol. The van der Waals surface area contributed by atoms with Crippen LogP contribution in [-0.4, -0.2) is 21.2 Å². The second-order valence-corrected chi connectivity index (χ2v) is 7.27. The SMILES string of the molecule is CSNc1cc(-c2ccc3ncnc(NCc4ccc(F)cc4)c3c2)cnc1Cl. The van der Waals surface area contributed by atoms with Gasteiger partial charge in [-0.2, -0.15) is 0 Å². The van der Waals surface area contributed by atoms with E-state index in [1.165, 1.54) is 30.4 Å². The smallest absolute Gasteiger partial charge is 0.152 e. The van der Waals surface area contributed by atoms with E-state index < -0.39 is 0 Å². The molecule has 4 rings (SSSR count). The van der Waals surface area contributed by atoms with Crippen LogP contribution >= 0.6 is 23.5 Å². The van der Waals surface area contributed by atoms with Crippen molar-refractivity contribution < 1.29 is 4.39 Å². The van der Waals surface area contributed by atoms with Crippen molar-refractivity contribution in [3.8, 4) is 11.1 Å². The second kappa shape index (κ2) is 8.63. The van der Waals surface area contributed by atoms with Crippen LogP contribution in [0.25, 0.3) is 22.0 Å². The Bertz CT molecular complexity index is 1150. The predicted molar refractivity (Wildman–Crippen MR) is 119 cm³/mol. The molecule has 0 aliphatic rings. The van der Waals surface area contributed by atoms with Crippen LogP contribution in [0.3, 0.4) is 0 Å². The Morgan fingerprint density at radius 2 is 1.83 bits per heavy atom. The zero-order chi connectivity index (χ0) is 20.2. The van der Waals surface area contributed by atoms with Crippen molar-refractivity contribution in [3.63, 3.8) is 0 Å². The van der Waals surface area contributed by atoms with Gasteiger partial charge in [0.2, 0.25) is 0 Å². The number of hydrogen-bond acceptors (Lipinski definition) is 6. The monoisotopic (exact) mass is 425 g/mol. The maximum atomic E-state index is 13.1. The van der Waals surface area contributed by atoms with Gasteiger partial charge in [-0.3, -0.25) is 0 Å². The largest absolute Gasteiger partial charge is 0.365 e. The molecular weight excluding hydrogens is 409 g/mol. The van der Waals surface area contributed by atoms with E-state index in [-0.39, 0.29) is 5.82 Å². The lowest BCUT2D eigenvalue weighted by molar-refractivity contribution is 0.627. The number of anilines is 2. The topological polar surface area (TPSA) is 62.7 Å².